The van der Waals surface area contributed by atoms with Gasteiger partial charge in [0, 0.05) is 88.5 Å². The number of aromatic nitrogens is 1. The number of carboxylic acid groups (broad SMARTS) is 2. The van der Waals surface area contributed by atoms with E-state index in [0.29, 0.717) is 27.9 Å². The third-order valence-electron chi connectivity index (χ3n) is 7.56. The van der Waals surface area contributed by atoms with E-state index in [-0.39, 0.29) is 102 Å². The van der Waals surface area contributed by atoms with Gasteiger partial charge >= 0.3 is 11.9 Å². The number of aliphatic hydroxyl groups is 2. The quantitative estimate of drug-likeness (QED) is 0.120. The first kappa shape index (κ1) is 40.4. The fourth-order valence-electron chi connectivity index (χ4n) is 5.54. The van der Waals surface area contributed by atoms with Gasteiger partial charge < -0.3 is 30.3 Å². The molecule has 238 valence electrons. The molecular formula is C35H37FN2Na2O7. The predicted molar refractivity (Wildman–Crippen MR) is 179 cm³/mol. The fourth-order valence-corrected chi connectivity index (χ4v) is 5.54. The summed E-state index contributed by atoms with van der Waals surface area (Å²) in [6.45, 7) is 4.00. The average molecular weight is 663 g/mol. The molecule has 0 aliphatic heterocycles. The summed E-state index contributed by atoms with van der Waals surface area (Å²) < 4.78 is 16.0. The molecule has 2 radical (unpaired) electrons. The SMILES string of the molecule is CC(C)n1c(CC[C@@H](O)C[C@@H](O)CC(=O)O)c(-c2ccc(F)cc2)c(-c2ccccc2)c1C(=O)NCc1ccc(C(=O)O)cc1.[Na].[Na]. The van der Waals surface area contributed by atoms with Crippen LogP contribution in [0.2, 0.25) is 0 Å². The summed E-state index contributed by atoms with van der Waals surface area (Å²) in [5, 5.41) is 42.0. The van der Waals surface area contributed by atoms with E-state index in [0.717, 1.165) is 11.3 Å². The van der Waals surface area contributed by atoms with E-state index in [1.165, 1.54) is 24.3 Å². The Balaban J connectivity index is 0.00000384. The van der Waals surface area contributed by atoms with Crippen LogP contribution in [0.15, 0.2) is 78.9 Å². The first-order valence-corrected chi connectivity index (χ1v) is 14.7. The molecule has 1 amide bonds. The van der Waals surface area contributed by atoms with Gasteiger partial charge in [-0.25, -0.2) is 9.18 Å². The molecule has 4 aromatic rings. The van der Waals surface area contributed by atoms with Gasteiger partial charge in [-0.3, -0.25) is 9.59 Å². The number of hydrogen-bond acceptors (Lipinski definition) is 5. The van der Waals surface area contributed by atoms with Gasteiger partial charge in [-0.05, 0) is 74.1 Å². The number of nitrogens with zero attached hydrogens (tertiary/aromatic N) is 1. The van der Waals surface area contributed by atoms with E-state index in [9.17, 15) is 34.1 Å². The van der Waals surface area contributed by atoms with Crippen molar-refractivity contribution in [2.75, 3.05) is 0 Å². The third-order valence-corrected chi connectivity index (χ3v) is 7.56. The maximum Gasteiger partial charge on any atom is 0.335 e. The summed E-state index contributed by atoms with van der Waals surface area (Å²) in [4.78, 5) is 36.4. The van der Waals surface area contributed by atoms with Crippen LogP contribution in [0, 0.1) is 5.82 Å². The molecule has 4 rings (SSSR count). The summed E-state index contributed by atoms with van der Waals surface area (Å²) in [5.41, 5.74) is 4.69. The number of carbonyl (C=O) groups is 3. The van der Waals surface area contributed by atoms with Crippen LogP contribution in [0.25, 0.3) is 22.3 Å². The van der Waals surface area contributed by atoms with Crippen molar-refractivity contribution in [3.05, 3.63) is 107 Å². The first-order valence-electron chi connectivity index (χ1n) is 14.7. The number of nitrogens with one attached hydrogen (secondary N) is 1. The van der Waals surface area contributed by atoms with Gasteiger partial charge in [0.25, 0.3) is 5.91 Å². The Morgan fingerprint density at radius 2 is 1.40 bits per heavy atom. The van der Waals surface area contributed by atoms with E-state index >= 15 is 0 Å². The van der Waals surface area contributed by atoms with Gasteiger partial charge in [-0.1, -0.05) is 54.6 Å². The van der Waals surface area contributed by atoms with Crippen molar-refractivity contribution in [2.45, 2.75) is 64.3 Å². The summed E-state index contributed by atoms with van der Waals surface area (Å²) in [5.74, 6) is -3.00. The number of halogens is 1. The Bertz CT molecular complexity index is 1640. The van der Waals surface area contributed by atoms with Crippen LogP contribution in [-0.2, 0) is 17.8 Å². The number of aliphatic carboxylic acids is 1. The largest absolute Gasteiger partial charge is 0.481 e. The number of benzene rings is 3. The van der Waals surface area contributed by atoms with E-state index in [1.807, 2.05) is 48.7 Å². The molecule has 47 heavy (non-hydrogen) atoms. The minimum Gasteiger partial charge on any atom is -0.481 e. The minimum atomic E-state index is -1.21. The van der Waals surface area contributed by atoms with E-state index in [2.05, 4.69) is 5.32 Å². The number of aromatic carboxylic acids is 1. The zero-order chi connectivity index (χ0) is 32.7. The molecule has 0 aliphatic rings. The van der Waals surface area contributed by atoms with Crippen LogP contribution in [0.1, 0.15) is 71.3 Å². The van der Waals surface area contributed by atoms with Crippen molar-refractivity contribution in [3.8, 4) is 22.3 Å². The summed E-state index contributed by atoms with van der Waals surface area (Å²) >= 11 is 0. The smallest absolute Gasteiger partial charge is 0.335 e. The van der Waals surface area contributed by atoms with Crippen LogP contribution in [0.4, 0.5) is 4.39 Å². The Morgan fingerprint density at radius 3 is 1.96 bits per heavy atom. The van der Waals surface area contributed by atoms with Crippen LogP contribution in [0.3, 0.4) is 0 Å². The van der Waals surface area contributed by atoms with Crippen LogP contribution < -0.4 is 5.32 Å². The molecule has 5 N–H and O–H groups in total. The Hall–Kier alpha value is -2.80. The second-order valence-corrected chi connectivity index (χ2v) is 11.2. The van der Waals surface area contributed by atoms with Crippen LogP contribution in [0.5, 0.6) is 0 Å². The molecule has 0 fully saturated rings. The number of amides is 1. The van der Waals surface area contributed by atoms with Gasteiger partial charge in [-0.15, -0.1) is 0 Å². The number of aliphatic hydroxyl groups excluding tert-OH is 2. The van der Waals surface area contributed by atoms with E-state index in [1.54, 1.807) is 24.3 Å². The Labute approximate surface area is 317 Å². The summed E-state index contributed by atoms with van der Waals surface area (Å²) in [6, 6.07) is 21.3. The van der Waals surface area contributed by atoms with Crippen molar-refractivity contribution in [1.82, 2.24) is 9.88 Å². The zero-order valence-electron chi connectivity index (χ0n) is 27.1. The molecule has 1 aromatic heterocycles. The zero-order valence-corrected chi connectivity index (χ0v) is 31.1. The van der Waals surface area contributed by atoms with Gasteiger partial charge in [-0.2, -0.15) is 0 Å². The van der Waals surface area contributed by atoms with Crippen LogP contribution >= 0.6 is 0 Å². The molecule has 9 nitrogen and oxygen atoms in total. The number of carbonyl (C=O) groups excluding carboxylic acids is 1. The second kappa shape index (κ2) is 18.7. The fraction of sp³-hybridized carbons (Fsp3) is 0.286. The van der Waals surface area contributed by atoms with Crippen molar-refractivity contribution in [2.24, 2.45) is 0 Å². The Morgan fingerprint density at radius 1 is 0.809 bits per heavy atom. The summed E-state index contributed by atoms with van der Waals surface area (Å²) in [6.07, 6.45) is -2.39. The molecule has 12 heteroatoms. The van der Waals surface area contributed by atoms with Crippen molar-refractivity contribution < 1.29 is 39.2 Å². The van der Waals surface area contributed by atoms with Gasteiger partial charge in [0.1, 0.15) is 11.5 Å². The summed E-state index contributed by atoms with van der Waals surface area (Å²) in [7, 11) is 0. The molecule has 0 saturated heterocycles. The van der Waals surface area contributed by atoms with Crippen molar-refractivity contribution in [3.63, 3.8) is 0 Å². The molecule has 1 heterocycles. The maximum absolute atomic E-state index is 14.1. The van der Waals surface area contributed by atoms with Crippen molar-refractivity contribution in [1.29, 1.82) is 0 Å². The standard InChI is InChI=1S/C35H37FN2O7.2Na/c1-21(2)38-29(17-16-27(39)18-28(40)19-30(41)42)31(24-12-14-26(36)15-13-24)32(23-6-4-3-5-7-23)33(38)34(43)37-20-22-8-10-25(11-9-22)35(44)45;;/h3-15,21,27-28,39-40H,16-20H2,1-2H3,(H,37,43)(H,41,42)(H,44,45);;/t27-,28-;;/m1../s1. The first-order chi connectivity index (χ1) is 21.5. The number of carboxylic acids is 2. The predicted octanol–water partition coefficient (Wildman–Crippen LogP) is 4.93. The molecule has 2 atom stereocenters. The molecule has 0 aliphatic carbocycles. The third kappa shape index (κ3) is 10.6. The minimum absolute atomic E-state index is 0. The molecule has 0 bridgehead atoms. The van der Waals surface area contributed by atoms with Gasteiger partial charge in [0.2, 0.25) is 0 Å². The molecular weight excluding hydrogens is 625 g/mol. The number of rotatable bonds is 14. The normalized spacial score (nSPS) is 12.0. The maximum atomic E-state index is 14.1. The average Bonchev–Trinajstić information content (AvgIpc) is 3.35. The Kier molecular flexibility index (Phi) is 16.0. The van der Waals surface area contributed by atoms with Crippen LogP contribution in [-0.4, -0.2) is 114 Å². The van der Waals surface area contributed by atoms with E-state index in [4.69, 9.17) is 5.11 Å². The molecule has 0 unspecified atom stereocenters. The van der Waals surface area contributed by atoms with Gasteiger partial charge in [0.15, 0.2) is 0 Å². The topological polar surface area (TPSA) is 149 Å². The number of hydrogen-bond donors (Lipinski definition) is 5. The van der Waals surface area contributed by atoms with Crippen molar-refractivity contribution >= 4 is 77.0 Å². The second-order valence-electron chi connectivity index (χ2n) is 11.2. The molecule has 0 saturated carbocycles. The molecule has 0 spiro atoms. The van der Waals surface area contributed by atoms with Gasteiger partial charge in [0.05, 0.1) is 24.2 Å². The van der Waals surface area contributed by atoms with E-state index < -0.39 is 36.4 Å². The molecule has 3 aromatic carbocycles. The monoisotopic (exact) mass is 662 g/mol.